The third-order valence-electron chi connectivity index (χ3n) is 2.43. The van der Waals surface area contributed by atoms with Crippen molar-refractivity contribution in [2.24, 2.45) is 5.73 Å². The topological polar surface area (TPSA) is 48.4 Å². The summed E-state index contributed by atoms with van der Waals surface area (Å²) < 4.78 is 10.6. The maximum absolute atomic E-state index is 5.79. The Morgan fingerprint density at radius 2 is 2.20 bits per heavy atom. The molecule has 0 amide bonds. The monoisotopic (exact) mass is 205 g/mol. The van der Waals surface area contributed by atoms with Crippen LogP contribution in [0.15, 0.2) is 28.9 Å². The highest BCUT2D eigenvalue weighted by molar-refractivity contribution is 5.86. The zero-order valence-electron chi connectivity index (χ0n) is 8.99. The van der Waals surface area contributed by atoms with Crippen molar-refractivity contribution in [1.82, 2.24) is 0 Å². The largest absolute Gasteiger partial charge is 0.493 e. The third-order valence-corrected chi connectivity index (χ3v) is 2.43. The van der Waals surface area contributed by atoms with E-state index in [1.807, 2.05) is 25.1 Å². The highest BCUT2D eigenvalue weighted by Gasteiger charge is 2.10. The summed E-state index contributed by atoms with van der Waals surface area (Å²) in [6.45, 7) is 2.00. The standard InChI is InChI=1S/C12H15NO2/c1-8(13)7-9-3-4-11(14-2)12-10(9)5-6-15-12/h3-6,8H,7,13H2,1-2H3. The number of hydrogen-bond donors (Lipinski definition) is 1. The van der Waals surface area contributed by atoms with E-state index in [2.05, 4.69) is 0 Å². The molecule has 0 bridgehead atoms. The highest BCUT2D eigenvalue weighted by Crippen LogP contribution is 2.29. The first-order valence-corrected chi connectivity index (χ1v) is 5.01. The molecule has 3 nitrogen and oxygen atoms in total. The van der Waals surface area contributed by atoms with Crippen molar-refractivity contribution >= 4 is 11.0 Å². The van der Waals surface area contributed by atoms with Crippen molar-refractivity contribution in [2.45, 2.75) is 19.4 Å². The van der Waals surface area contributed by atoms with Crippen molar-refractivity contribution in [1.29, 1.82) is 0 Å². The molecule has 1 aromatic carbocycles. The minimum Gasteiger partial charge on any atom is -0.493 e. The fourth-order valence-electron chi connectivity index (χ4n) is 1.78. The molecular weight excluding hydrogens is 190 g/mol. The van der Waals surface area contributed by atoms with Crippen molar-refractivity contribution in [3.8, 4) is 5.75 Å². The average Bonchev–Trinajstić information content (AvgIpc) is 2.66. The maximum atomic E-state index is 5.79. The van der Waals surface area contributed by atoms with Crippen LogP contribution in [0.4, 0.5) is 0 Å². The van der Waals surface area contributed by atoms with Gasteiger partial charge >= 0.3 is 0 Å². The SMILES string of the molecule is COc1ccc(CC(C)N)c2ccoc12. The van der Waals surface area contributed by atoms with Crippen LogP contribution in [0, 0.1) is 0 Å². The molecule has 0 radical (unpaired) electrons. The van der Waals surface area contributed by atoms with E-state index >= 15 is 0 Å². The molecule has 2 N–H and O–H groups in total. The molecule has 0 fully saturated rings. The van der Waals surface area contributed by atoms with E-state index in [9.17, 15) is 0 Å². The highest BCUT2D eigenvalue weighted by atomic mass is 16.5. The van der Waals surface area contributed by atoms with E-state index in [1.54, 1.807) is 13.4 Å². The zero-order chi connectivity index (χ0) is 10.8. The molecule has 0 aliphatic rings. The second-order valence-corrected chi connectivity index (χ2v) is 3.77. The number of benzene rings is 1. The molecule has 0 spiro atoms. The predicted octanol–water partition coefficient (Wildman–Crippen LogP) is 2.33. The lowest BCUT2D eigenvalue weighted by Gasteiger charge is -2.08. The van der Waals surface area contributed by atoms with Crippen molar-refractivity contribution in [2.75, 3.05) is 7.11 Å². The molecule has 0 saturated carbocycles. The first kappa shape index (κ1) is 10.1. The molecule has 3 heteroatoms. The summed E-state index contributed by atoms with van der Waals surface area (Å²) >= 11 is 0. The van der Waals surface area contributed by atoms with Crippen molar-refractivity contribution in [3.05, 3.63) is 30.0 Å². The van der Waals surface area contributed by atoms with E-state index < -0.39 is 0 Å². The van der Waals surface area contributed by atoms with Gasteiger partial charge in [0.2, 0.25) is 0 Å². The number of fused-ring (bicyclic) bond motifs is 1. The van der Waals surface area contributed by atoms with Gasteiger partial charge < -0.3 is 14.9 Å². The number of ether oxygens (including phenoxy) is 1. The van der Waals surface area contributed by atoms with E-state index in [0.29, 0.717) is 0 Å². The van der Waals surface area contributed by atoms with Crippen LogP contribution in [0.25, 0.3) is 11.0 Å². The summed E-state index contributed by atoms with van der Waals surface area (Å²) in [4.78, 5) is 0. The summed E-state index contributed by atoms with van der Waals surface area (Å²) in [5, 5.41) is 1.09. The summed E-state index contributed by atoms with van der Waals surface area (Å²) in [6, 6.07) is 6.07. The van der Waals surface area contributed by atoms with Crippen LogP contribution in [0.3, 0.4) is 0 Å². The summed E-state index contributed by atoms with van der Waals surface area (Å²) in [5.41, 5.74) is 7.80. The minimum absolute atomic E-state index is 0.150. The Balaban J connectivity index is 2.53. The first-order valence-electron chi connectivity index (χ1n) is 5.01. The lowest BCUT2D eigenvalue weighted by atomic mass is 10.0. The van der Waals surface area contributed by atoms with Crippen molar-refractivity contribution in [3.63, 3.8) is 0 Å². The Kier molecular flexibility index (Phi) is 2.64. The number of methoxy groups -OCH3 is 1. The Morgan fingerprint density at radius 1 is 1.40 bits per heavy atom. The Labute approximate surface area is 88.8 Å². The molecule has 1 heterocycles. The Morgan fingerprint density at radius 3 is 2.87 bits per heavy atom. The molecular formula is C12H15NO2. The molecule has 15 heavy (non-hydrogen) atoms. The molecule has 1 atom stereocenters. The van der Waals surface area contributed by atoms with E-state index in [4.69, 9.17) is 14.9 Å². The smallest absolute Gasteiger partial charge is 0.175 e. The van der Waals surface area contributed by atoms with Gasteiger partial charge in [-0.25, -0.2) is 0 Å². The summed E-state index contributed by atoms with van der Waals surface area (Å²) in [6.07, 6.45) is 2.53. The van der Waals surface area contributed by atoms with Crippen LogP contribution < -0.4 is 10.5 Å². The lowest BCUT2D eigenvalue weighted by molar-refractivity contribution is 0.410. The molecule has 80 valence electrons. The van der Waals surface area contributed by atoms with Gasteiger partial charge in [-0.2, -0.15) is 0 Å². The maximum Gasteiger partial charge on any atom is 0.175 e. The van der Waals surface area contributed by atoms with Gasteiger partial charge in [0.25, 0.3) is 0 Å². The van der Waals surface area contributed by atoms with Crippen LogP contribution >= 0.6 is 0 Å². The van der Waals surface area contributed by atoms with Gasteiger partial charge in [0, 0.05) is 11.4 Å². The average molecular weight is 205 g/mol. The molecule has 2 aromatic rings. The van der Waals surface area contributed by atoms with Gasteiger partial charge in [-0.1, -0.05) is 6.07 Å². The quantitative estimate of drug-likeness (QED) is 0.836. The number of rotatable bonds is 3. The van der Waals surface area contributed by atoms with E-state index in [0.717, 1.165) is 23.1 Å². The van der Waals surface area contributed by atoms with E-state index in [1.165, 1.54) is 5.56 Å². The molecule has 2 rings (SSSR count). The fourth-order valence-corrected chi connectivity index (χ4v) is 1.78. The van der Waals surface area contributed by atoms with Gasteiger partial charge in [0.15, 0.2) is 11.3 Å². The molecule has 0 aliphatic heterocycles. The van der Waals surface area contributed by atoms with Gasteiger partial charge in [0.05, 0.1) is 13.4 Å². The molecule has 1 aromatic heterocycles. The summed E-state index contributed by atoms with van der Waals surface area (Å²) in [7, 11) is 1.64. The minimum atomic E-state index is 0.150. The molecule has 0 saturated heterocycles. The summed E-state index contributed by atoms with van der Waals surface area (Å²) in [5.74, 6) is 0.767. The van der Waals surface area contributed by atoms with Gasteiger partial charge in [-0.15, -0.1) is 0 Å². The second-order valence-electron chi connectivity index (χ2n) is 3.77. The van der Waals surface area contributed by atoms with Gasteiger partial charge in [-0.3, -0.25) is 0 Å². The lowest BCUT2D eigenvalue weighted by Crippen LogP contribution is -2.17. The van der Waals surface area contributed by atoms with E-state index in [-0.39, 0.29) is 6.04 Å². The van der Waals surface area contributed by atoms with Crippen LogP contribution in [0.1, 0.15) is 12.5 Å². The fraction of sp³-hybridized carbons (Fsp3) is 0.333. The van der Waals surface area contributed by atoms with Crippen LogP contribution in [0.2, 0.25) is 0 Å². The zero-order valence-corrected chi connectivity index (χ0v) is 8.99. The van der Waals surface area contributed by atoms with Crippen LogP contribution in [-0.4, -0.2) is 13.2 Å². The normalized spacial score (nSPS) is 13.0. The first-order chi connectivity index (χ1) is 7.22. The van der Waals surface area contributed by atoms with Gasteiger partial charge in [0.1, 0.15) is 0 Å². The number of hydrogen-bond acceptors (Lipinski definition) is 3. The Hall–Kier alpha value is -1.48. The number of furan rings is 1. The molecule has 0 aliphatic carbocycles. The van der Waals surface area contributed by atoms with Crippen molar-refractivity contribution < 1.29 is 9.15 Å². The Bertz CT molecular complexity index is 460. The van der Waals surface area contributed by atoms with Crippen LogP contribution in [0.5, 0.6) is 5.75 Å². The number of nitrogens with two attached hydrogens (primary N) is 1. The molecule has 1 unspecified atom stereocenters. The van der Waals surface area contributed by atoms with Crippen LogP contribution in [-0.2, 0) is 6.42 Å². The predicted molar refractivity (Wildman–Crippen MR) is 60.1 cm³/mol. The third kappa shape index (κ3) is 1.83. The van der Waals surface area contributed by atoms with Gasteiger partial charge in [-0.05, 0) is 31.0 Å². The second kappa shape index (κ2) is 3.95.